The predicted molar refractivity (Wildman–Crippen MR) is 80.9 cm³/mol. The lowest BCUT2D eigenvalue weighted by atomic mass is 10.0. The highest BCUT2D eigenvalue weighted by Gasteiger charge is 2.16. The average Bonchev–Trinajstić information content (AvgIpc) is 2.77. The summed E-state index contributed by atoms with van der Waals surface area (Å²) in [5, 5.41) is 6.70. The van der Waals surface area contributed by atoms with E-state index in [0.29, 0.717) is 0 Å². The van der Waals surface area contributed by atoms with Crippen LogP contribution in [0.15, 0.2) is 5.38 Å². The molecule has 0 spiro atoms. The maximum atomic E-state index is 5.02. The van der Waals surface area contributed by atoms with Gasteiger partial charge in [0.05, 0.1) is 12.3 Å². The first kappa shape index (κ1) is 14.8. The van der Waals surface area contributed by atoms with Crippen LogP contribution in [-0.2, 0) is 11.3 Å². The van der Waals surface area contributed by atoms with Crippen LogP contribution in [0.25, 0.3) is 0 Å². The van der Waals surface area contributed by atoms with Crippen LogP contribution in [0.4, 0.5) is 5.13 Å². The summed E-state index contributed by atoms with van der Waals surface area (Å²) < 4.78 is 5.02. The van der Waals surface area contributed by atoms with Gasteiger partial charge in [0.1, 0.15) is 0 Å². The lowest BCUT2D eigenvalue weighted by Gasteiger charge is -2.18. The number of thiazole rings is 1. The largest absolute Gasteiger partial charge is 0.383 e. The van der Waals surface area contributed by atoms with Gasteiger partial charge in [0.15, 0.2) is 5.13 Å². The predicted octanol–water partition coefficient (Wildman–Crippen LogP) is 2.51. The van der Waals surface area contributed by atoms with Crippen molar-refractivity contribution in [2.45, 2.75) is 32.7 Å². The van der Waals surface area contributed by atoms with Crippen molar-refractivity contribution < 1.29 is 4.74 Å². The Balaban J connectivity index is 1.82. The molecule has 1 fully saturated rings. The number of rotatable bonds is 6. The second-order valence-electron chi connectivity index (χ2n) is 5.31. The standard InChI is InChI=1S/C14H25N3OS/c1-12-4-3-7-17(8-5-12)14-16-13(11-19-14)10-15-6-9-18-2/h11-12,15H,3-10H2,1-2H3. The number of aromatic nitrogens is 1. The first-order valence-electron chi connectivity index (χ1n) is 7.18. The third-order valence-electron chi connectivity index (χ3n) is 3.62. The summed E-state index contributed by atoms with van der Waals surface area (Å²) >= 11 is 1.77. The number of anilines is 1. The second kappa shape index (κ2) is 7.82. The zero-order valence-electron chi connectivity index (χ0n) is 12.0. The van der Waals surface area contributed by atoms with E-state index in [1.165, 1.54) is 24.4 Å². The molecule has 2 heterocycles. The normalized spacial score (nSPS) is 20.5. The molecule has 0 amide bonds. The van der Waals surface area contributed by atoms with Crippen molar-refractivity contribution >= 4 is 16.5 Å². The molecule has 0 aromatic carbocycles. The molecule has 1 unspecified atom stereocenters. The highest BCUT2D eigenvalue weighted by molar-refractivity contribution is 7.13. The molecule has 19 heavy (non-hydrogen) atoms. The summed E-state index contributed by atoms with van der Waals surface area (Å²) in [7, 11) is 1.73. The highest BCUT2D eigenvalue weighted by Crippen LogP contribution is 2.25. The van der Waals surface area contributed by atoms with E-state index >= 15 is 0 Å². The van der Waals surface area contributed by atoms with Gasteiger partial charge in [-0.1, -0.05) is 6.92 Å². The fourth-order valence-electron chi connectivity index (χ4n) is 2.37. The van der Waals surface area contributed by atoms with Crippen LogP contribution in [0.5, 0.6) is 0 Å². The Labute approximate surface area is 120 Å². The van der Waals surface area contributed by atoms with Gasteiger partial charge < -0.3 is 15.0 Å². The lowest BCUT2D eigenvalue weighted by Crippen LogP contribution is -2.24. The Hall–Kier alpha value is -0.650. The van der Waals surface area contributed by atoms with E-state index < -0.39 is 0 Å². The van der Waals surface area contributed by atoms with Gasteiger partial charge in [0, 0.05) is 38.7 Å². The third-order valence-corrected chi connectivity index (χ3v) is 4.57. The summed E-state index contributed by atoms with van der Waals surface area (Å²) in [5.41, 5.74) is 1.15. The van der Waals surface area contributed by atoms with Gasteiger partial charge >= 0.3 is 0 Å². The highest BCUT2D eigenvalue weighted by atomic mass is 32.1. The zero-order chi connectivity index (χ0) is 13.5. The van der Waals surface area contributed by atoms with Crippen LogP contribution >= 0.6 is 11.3 Å². The van der Waals surface area contributed by atoms with Crippen LogP contribution < -0.4 is 10.2 Å². The Morgan fingerprint density at radius 1 is 1.47 bits per heavy atom. The van der Waals surface area contributed by atoms with Crippen molar-refractivity contribution in [2.75, 3.05) is 38.3 Å². The fourth-order valence-corrected chi connectivity index (χ4v) is 3.25. The van der Waals surface area contributed by atoms with Crippen LogP contribution in [0.2, 0.25) is 0 Å². The van der Waals surface area contributed by atoms with Gasteiger partial charge in [-0.3, -0.25) is 0 Å². The molecule has 1 saturated heterocycles. The minimum Gasteiger partial charge on any atom is -0.383 e. The van der Waals surface area contributed by atoms with Crippen LogP contribution in [0.3, 0.4) is 0 Å². The van der Waals surface area contributed by atoms with E-state index in [0.717, 1.165) is 44.4 Å². The molecular formula is C14H25N3OS. The molecule has 0 bridgehead atoms. The molecule has 1 aromatic rings. The van der Waals surface area contributed by atoms with Gasteiger partial charge in [-0.15, -0.1) is 11.3 Å². The van der Waals surface area contributed by atoms with Crippen molar-refractivity contribution in [1.82, 2.24) is 10.3 Å². The maximum Gasteiger partial charge on any atom is 0.185 e. The molecule has 1 N–H and O–H groups in total. The first-order valence-corrected chi connectivity index (χ1v) is 8.06. The number of methoxy groups -OCH3 is 1. The maximum absolute atomic E-state index is 5.02. The molecule has 2 rings (SSSR count). The van der Waals surface area contributed by atoms with E-state index in [1.807, 2.05) is 0 Å². The molecule has 1 atom stereocenters. The Kier molecular flexibility index (Phi) is 6.07. The van der Waals surface area contributed by atoms with Gasteiger partial charge in [0.2, 0.25) is 0 Å². The molecule has 4 nitrogen and oxygen atoms in total. The summed E-state index contributed by atoms with van der Waals surface area (Å²) in [6.07, 6.45) is 3.94. The minimum atomic E-state index is 0.751. The van der Waals surface area contributed by atoms with Gasteiger partial charge in [-0.2, -0.15) is 0 Å². The number of hydrogen-bond donors (Lipinski definition) is 1. The van der Waals surface area contributed by atoms with E-state index in [9.17, 15) is 0 Å². The zero-order valence-corrected chi connectivity index (χ0v) is 12.8. The second-order valence-corrected chi connectivity index (χ2v) is 6.15. The lowest BCUT2D eigenvalue weighted by molar-refractivity contribution is 0.199. The van der Waals surface area contributed by atoms with Gasteiger partial charge in [-0.25, -0.2) is 4.98 Å². The summed E-state index contributed by atoms with van der Waals surface area (Å²) in [6.45, 7) is 7.14. The summed E-state index contributed by atoms with van der Waals surface area (Å²) in [6, 6.07) is 0. The monoisotopic (exact) mass is 283 g/mol. The topological polar surface area (TPSA) is 37.4 Å². The van der Waals surface area contributed by atoms with Crippen LogP contribution in [0, 0.1) is 5.92 Å². The minimum absolute atomic E-state index is 0.751. The molecule has 108 valence electrons. The van der Waals surface area contributed by atoms with Crippen molar-refractivity contribution in [1.29, 1.82) is 0 Å². The molecule has 0 radical (unpaired) electrons. The quantitative estimate of drug-likeness (QED) is 0.814. The smallest absolute Gasteiger partial charge is 0.185 e. The van der Waals surface area contributed by atoms with E-state index in [4.69, 9.17) is 9.72 Å². The molecular weight excluding hydrogens is 258 g/mol. The van der Waals surface area contributed by atoms with Gasteiger partial charge in [-0.05, 0) is 25.2 Å². The SMILES string of the molecule is COCCNCc1csc(N2CCCC(C)CC2)n1. The average molecular weight is 283 g/mol. The van der Waals surface area contributed by atoms with Crippen molar-refractivity contribution in [2.24, 2.45) is 5.92 Å². The summed E-state index contributed by atoms with van der Waals surface area (Å²) in [4.78, 5) is 7.19. The van der Waals surface area contributed by atoms with E-state index in [1.54, 1.807) is 18.4 Å². The van der Waals surface area contributed by atoms with Crippen LogP contribution in [-0.4, -0.2) is 38.3 Å². The molecule has 5 heteroatoms. The van der Waals surface area contributed by atoms with Crippen molar-refractivity contribution in [3.63, 3.8) is 0 Å². The van der Waals surface area contributed by atoms with E-state index in [-0.39, 0.29) is 0 Å². The number of hydrogen-bond acceptors (Lipinski definition) is 5. The van der Waals surface area contributed by atoms with E-state index in [2.05, 4.69) is 22.5 Å². The Morgan fingerprint density at radius 2 is 2.37 bits per heavy atom. The Bertz CT molecular complexity index is 369. The first-order chi connectivity index (χ1) is 9.29. The molecule has 0 saturated carbocycles. The Morgan fingerprint density at radius 3 is 3.21 bits per heavy atom. The molecule has 1 aliphatic rings. The number of nitrogens with one attached hydrogen (secondary N) is 1. The fraction of sp³-hybridized carbons (Fsp3) is 0.786. The molecule has 1 aromatic heterocycles. The van der Waals surface area contributed by atoms with Crippen molar-refractivity contribution in [3.05, 3.63) is 11.1 Å². The third kappa shape index (κ3) is 4.75. The molecule has 1 aliphatic heterocycles. The summed E-state index contributed by atoms with van der Waals surface area (Å²) in [5.74, 6) is 0.861. The van der Waals surface area contributed by atoms with Crippen molar-refractivity contribution in [3.8, 4) is 0 Å². The number of nitrogens with zero attached hydrogens (tertiary/aromatic N) is 2. The number of ether oxygens (including phenoxy) is 1. The van der Waals surface area contributed by atoms with Crippen LogP contribution in [0.1, 0.15) is 31.9 Å². The van der Waals surface area contributed by atoms with Gasteiger partial charge in [0.25, 0.3) is 0 Å². The molecule has 0 aliphatic carbocycles.